The average Bonchev–Trinajstić information content (AvgIpc) is 2.19. The third-order valence-electron chi connectivity index (χ3n) is 1.76. The Hall–Kier alpha value is -0.660. The molecule has 0 aromatic heterocycles. The zero-order valence-corrected chi connectivity index (χ0v) is 8.62. The second kappa shape index (κ2) is 5.90. The standard InChI is InChI=1S/C9H14N2OS/c1-2-3-8-13-9(10)11-4-6-12-7-5-11/h10H,4-8H2,1H3. The zero-order chi connectivity index (χ0) is 9.52. The van der Waals surface area contributed by atoms with Gasteiger partial charge in [-0.15, -0.1) is 5.92 Å². The summed E-state index contributed by atoms with van der Waals surface area (Å²) >= 11 is 1.49. The first-order valence-corrected chi connectivity index (χ1v) is 5.27. The van der Waals surface area contributed by atoms with Crippen LogP contribution in [-0.4, -0.2) is 42.1 Å². The maximum absolute atomic E-state index is 7.73. The van der Waals surface area contributed by atoms with Crippen molar-refractivity contribution < 1.29 is 4.74 Å². The van der Waals surface area contributed by atoms with Gasteiger partial charge in [-0.2, -0.15) is 0 Å². The van der Waals surface area contributed by atoms with Gasteiger partial charge in [0.15, 0.2) is 5.17 Å². The molecule has 1 fully saturated rings. The second-order valence-electron chi connectivity index (χ2n) is 2.62. The highest BCUT2D eigenvalue weighted by Crippen LogP contribution is 2.08. The minimum Gasteiger partial charge on any atom is -0.378 e. The summed E-state index contributed by atoms with van der Waals surface area (Å²) in [5.74, 6) is 6.46. The molecule has 1 saturated heterocycles. The van der Waals surface area contributed by atoms with Crippen LogP contribution in [0.3, 0.4) is 0 Å². The Morgan fingerprint density at radius 2 is 2.23 bits per heavy atom. The first-order valence-electron chi connectivity index (χ1n) is 4.28. The van der Waals surface area contributed by atoms with E-state index in [9.17, 15) is 0 Å². The van der Waals surface area contributed by atoms with Crippen molar-refractivity contribution in [2.75, 3.05) is 32.1 Å². The van der Waals surface area contributed by atoms with E-state index < -0.39 is 0 Å². The maximum Gasteiger partial charge on any atom is 0.157 e. The van der Waals surface area contributed by atoms with Gasteiger partial charge in [-0.1, -0.05) is 17.7 Å². The van der Waals surface area contributed by atoms with Crippen molar-refractivity contribution in [2.45, 2.75) is 6.92 Å². The summed E-state index contributed by atoms with van der Waals surface area (Å²) in [5.41, 5.74) is 0. The summed E-state index contributed by atoms with van der Waals surface area (Å²) in [7, 11) is 0. The lowest BCUT2D eigenvalue weighted by molar-refractivity contribution is 0.0691. The molecule has 1 rings (SSSR count). The number of ether oxygens (including phenoxy) is 1. The van der Waals surface area contributed by atoms with Gasteiger partial charge >= 0.3 is 0 Å². The quantitative estimate of drug-likeness (QED) is 0.388. The van der Waals surface area contributed by atoms with Crippen LogP contribution in [0.5, 0.6) is 0 Å². The molecule has 0 aliphatic carbocycles. The highest BCUT2D eigenvalue weighted by atomic mass is 32.2. The molecule has 0 atom stereocenters. The van der Waals surface area contributed by atoms with E-state index in [4.69, 9.17) is 10.1 Å². The van der Waals surface area contributed by atoms with Gasteiger partial charge < -0.3 is 9.64 Å². The molecule has 0 spiro atoms. The maximum atomic E-state index is 7.73. The lowest BCUT2D eigenvalue weighted by atomic mass is 10.5. The number of nitrogens with zero attached hydrogens (tertiary/aromatic N) is 1. The molecule has 1 N–H and O–H groups in total. The predicted octanol–water partition coefficient (Wildman–Crippen LogP) is 1.01. The summed E-state index contributed by atoms with van der Waals surface area (Å²) in [5, 5.41) is 8.34. The molecule has 0 saturated carbocycles. The smallest absolute Gasteiger partial charge is 0.157 e. The molecule has 0 amide bonds. The monoisotopic (exact) mass is 198 g/mol. The fourth-order valence-electron chi connectivity index (χ4n) is 1.03. The fraction of sp³-hybridized carbons (Fsp3) is 0.667. The number of thioether (sulfide) groups is 1. The molecule has 0 aromatic rings. The van der Waals surface area contributed by atoms with Gasteiger partial charge in [-0.05, 0) is 6.92 Å². The number of nitrogens with one attached hydrogen (secondary N) is 1. The van der Waals surface area contributed by atoms with Crippen LogP contribution < -0.4 is 0 Å². The molecular weight excluding hydrogens is 184 g/mol. The lowest BCUT2D eigenvalue weighted by Crippen LogP contribution is -2.39. The van der Waals surface area contributed by atoms with Gasteiger partial charge in [0.2, 0.25) is 0 Å². The molecule has 0 radical (unpaired) electrons. The number of hydrogen-bond acceptors (Lipinski definition) is 3. The topological polar surface area (TPSA) is 36.3 Å². The average molecular weight is 198 g/mol. The van der Waals surface area contributed by atoms with E-state index in [2.05, 4.69) is 11.8 Å². The minimum absolute atomic E-state index is 0.617. The van der Waals surface area contributed by atoms with E-state index in [-0.39, 0.29) is 0 Å². The largest absolute Gasteiger partial charge is 0.378 e. The highest BCUT2D eigenvalue weighted by Gasteiger charge is 2.13. The van der Waals surface area contributed by atoms with Gasteiger partial charge in [0, 0.05) is 13.1 Å². The third-order valence-corrected chi connectivity index (χ3v) is 2.58. The normalized spacial score (nSPS) is 16.2. The number of rotatable bonds is 1. The molecule has 13 heavy (non-hydrogen) atoms. The molecule has 0 aromatic carbocycles. The van der Waals surface area contributed by atoms with Crippen LogP contribution in [0.15, 0.2) is 0 Å². The molecule has 72 valence electrons. The van der Waals surface area contributed by atoms with E-state index in [1.807, 2.05) is 11.8 Å². The fourth-order valence-corrected chi connectivity index (χ4v) is 1.75. The van der Waals surface area contributed by atoms with Crippen LogP contribution in [0, 0.1) is 17.3 Å². The van der Waals surface area contributed by atoms with Crippen LogP contribution >= 0.6 is 11.8 Å². The van der Waals surface area contributed by atoms with Crippen molar-refractivity contribution in [2.24, 2.45) is 0 Å². The van der Waals surface area contributed by atoms with Crippen LogP contribution in [0.4, 0.5) is 0 Å². The first-order chi connectivity index (χ1) is 6.34. The lowest BCUT2D eigenvalue weighted by Gasteiger charge is -2.28. The van der Waals surface area contributed by atoms with Crippen molar-refractivity contribution in [3.63, 3.8) is 0 Å². The summed E-state index contributed by atoms with van der Waals surface area (Å²) in [6.45, 7) is 4.97. The Labute approximate surface area is 83.3 Å². The van der Waals surface area contributed by atoms with E-state index >= 15 is 0 Å². The van der Waals surface area contributed by atoms with E-state index in [0.29, 0.717) is 10.9 Å². The molecule has 1 aliphatic rings. The van der Waals surface area contributed by atoms with Crippen LogP contribution in [0.1, 0.15) is 6.92 Å². The summed E-state index contributed by atoms with van der Waals surface area (Å²) in [6, 6.07) is 0. The molecule has 4 heteroatoms. The van der Waals surface area contributed by atoms with E-state index in [1.165, 1.54) is 11.8 Å². The van der Waals surface area contributed by atoms with Crippen molar-refractivity contribution in [3.05, 3.63) is 0 Å². The van der Waals surface area contributed by atoms with Gasteiger partial charge in [0.25, 0.3) is 0 Å². The Kier molecular flexibility index (Phi) is 4.73. The van der Waals surface area contributed by atoms with Crippen molar-refractivity contribution >= 4 is 16.9 Å². The highest BCUT2D eigenvalue weighted by molar-refractivity contribution is 8.13. The molecular formula is C9H14N2OS. The second-order valence-corrected chi connectivity index (χ2v) is 3.58. The first kappa shape index (κ1) is 10.4. The predicted molar refractivity (Wildman–Crippen MR) is 56.0 cm³/mol. The molecule has 0 bridgehead atoms. The Morgan fingerprint density at radius 3 is 2.85 bits per heavy atom. The third kappa shape index (κ3) is 3.71. The van der Waals surface area contributed by atoms with Gasteiger partial charge in [0.1, 0.15) is 0 Å². The van der Waals surface area contributed by atoms with Gasteiger partial charge in [-0.25, -0.2) is 0 Å². The summed E-state index contributed by atoms with van der Waals surface area (Å²) in [6.07, 6.45) is 0. The van der Waals surface area contributed by atoms with Crippen LogP contribution in [-0.2, 0) is 4.74 Å². The number of morpholine rings is 1. The molecule has 1 heterocycles. The Morgan fingerprint density at radius 1 is 1.54 bits per heavy atom. The Bertz CT molecular complexity index is 226. The van der Waals surface area contributed by atoms with Crippen molar-refractivity contribution in [3.8, 4) is 11.8 Å². The number of hydrogen-bond donors (Lipinski definition) is 1. The molecule has 3 nitrogen and oxygen atoms in total. The number of amidine groups is 1. The molecule has 0 unspecified atom stereocenters. The van der Waals surface area contributed by atoms with Crippen molar-refractivity contribution in [1.29, 1.82) is 5.41 Å². The van der Waals surface area contributed by atoms with Crippen LogP contribution in [0.25, 0.3) is 0 Å². The SMILES string of the molecule is CC#CCSC(=N)N1CCOCC1. The summed E-state index contributed by atoms with van der Waals surface area (Å²) in [4.78, 5) is 2.03. The molecule has 1 aliphatic heterocycles. The van der Waals surface area contributed by atoms with E-state index in [0.717, 1.165) is 26.3 Å². The Balaban J connectivity index is 2.23. The van der Waals surface area contributed by atoms with Gasteiger partial charge in [0.05, 0.1) is 19.0 Å². The van der Waals surface area contributed by atoms with Crippen LogP contribution in [0.2, 0.25) is 0 Å². The zero-order valence-electron chi connectivity index (χ0n) is 7.80. The van der Waals surface area contributed by atoms with Gasteiger partial charge in [-0.3, -0.25) is 5.41 Å². The van der Waals surface area contributed by atoms with Crippen molar-refractivity contribution in [1.82, 2.24) is 4.90 Å². The summed E-state index contributed by atoms with van der Waals surface area (Å²) < 4.78 is 5.20. The minimum atomic E-state index is 0.617. The van der Waals surface area contributed by atoms with E-state index in [1.54, 1.807) is 0 Å².